The lowest BCUT2D eigenvalue weighted by Crippen LogP contribution is -2.23. The minimum absolute atomic E-state index is 0.470. The molecule has 1 heteroatoms. The first-order chi connectivity index (χ1) is 5.75. The summed E-state index contributed by atoms with van der Waals surface area (Å²) >= 11 is 0. The zero-order chi connectivity index (χ0) is 8.55. The molecule has 0 saturated carbocycles. The maximum atomic E-state index is 5.64. The summed E-state index contributed by atoms with van der Waals surface area (Å²) in [6, 6.07) is 0. The lowest BCUT2D eigenvalue weighted by Gasteiger charge is -2.31. The molecule has 0 bridgehead atoms. The first-order valence-corrected chi connectivity index (χ1v) is 5.07. The molecule has 1 nitrogen and oxygen atoms in total. The van der Waals surface area contributed by atoms with Crippen molar-refractivity contribution in [2.24, 2.45) is 5.92 Å². The van der Waals surface area contributed by atoms with Crippen LogP contribution in [0, 0.1) is 5.92 Å². The van der Waals surface area contributed by atoms with E-state index in [1.807, 2.05) is 0 Å². The molecule has 1 aliphatic heterocycles. The maximum absolute atomic E-state index is 5.64. The van der Waals surface area contributed by atoms with Crippen molar-refractivity contribution < 1.29 is 4.74 Å². The molecule has 0 aromatic carbocycles. The monoisotopic (exact) mass is 166 g/mol. The van der Waals surface area contributed by atoms with Gasteiger partial charge < -0.3 is 4.74 Å². The van der Waals surface area contributed by atoms with Crippen molar-refractivity contribution >= 4 is 0 Å². The van der Waals surface area contributed by atoms with Crippen LogP contribution in [0.4, 0.5) is 0 Å². The van der Waals surface area contributed by atoms with E-state index < -0.39 is 0 Å². The average Bonchev–Trinajstić information content (AvgIpc) is 2.05. The van der Waals surface area contributed by atoms with Crippen LogP contribution in [0.5, 0.6) is 0 Å². The summed E-state index contributed by atoms with van der Waals surface area (Å²) in [7, 11) is 0. The van der Waals surface area contributed by atoms with Crippen molar-refractivity contribution in [2.75, 3.05) is 6.61 Å². The zero-order valence-corrected chi connectivity index (χ0v) is 8.10. The van der Waals surface area contributed by atoms with Crippen LogP contribution in [0.15, 0.2) is 11.1 Å². The first-order valence-electron chi connectivity index (χ1n) is 5.07. The number of hydrogen-bond donors (Lipinski definition) is 0. The standard InChI is InChI=1S/C11H18O/c1-8-3-4-10-6-9(2)12-7-11(10)5-8/h8-9H,3-7H2,1-2H3. The van der Waals surface area contributed by atoms with Crippen molar-refractivity contribution in [1.82, 2.24) is 0 Å². The Morgan fingerprint density at radius 3 is 2.83 bits per heavy atom. The van der Waals surface area contributed by atoms with Crippen molar-refractivity contribution in [1.29, 1.82) is 0 Å². The largest absolute Gasteiger partial charge is 0.374 e. The van der Waals surface area contributed by atoms with Gasteiger partial charge in [-0.25, -0.2) is 0 Å². The van der Waals surface area contributed by atoms with E-state index in [1.54, 1.807) is 11.1 Å². The molecule has 2 unspecified atom stereocenters. The van der Waals surface area contributed by atoms with E-state index in [0.29, 0.717) is 6.10 Å². The molecule has 0 fully saturated rings. The minimum Gasteiger partial charge on any atom is -0.374 e. The van der Waals surface area contributed by atoms with Crippen LogP contribution in [0.1, 0.15) is 39.5 Å². The van der Waals surface area contributed by atoms with Gasteiger partial charge in [0.05, 0.1) is 12.7 Å². The summed E-state index contributed by atoms with van der Waals surface area (Å²) in [5, 5.41) is 0. The van der Waals surface area contributed by atoms with E-state index in [0.717, 1.165) is 12.5 Å². The van der Waals surface area contributed by atoms with E-state index in [1.165, 1.54) is 25.7 Å². The third-order valence-corrected chi connectivity index (χ3v) is 3.11. The molecule has 2 atom stereocenters. The average molecular weight is 166 g/mol. The Balaban J connectivity index is 2.11. The predicted octanol–water partition coefficient (Wildman–Crippen LogP) is 2.91. The lowest BCUT2D eigenvalue weighted by atomic mass is 9.82. The second-order valence-corrected chi connectivity index (χ2v) is 4.38. The van der Waals surface area contributed by atoms with Gasteiger partial charge in [-0.1, -0.05) is 12.5 Å². The highest BCUT2D eigenvalue weighted by atomic mass is 16.5. The molecule has 12 heavy (non-hydrogen) atoms. The van der Waals surface area contributed by atoms with Crippen LogP contribution < -0.4 is 0 Å². The SMILES string of the molecule is CC1CCC2=C(COC(C)C2)C1. The molecule has 2 aliphatic rings. The normalized spacial score (nSPS) is 36.5. The van der Waals surface area contributed by atoms with Gasteiger partial charge in [-0.05, 0) is 44.1 Å². The van der Waals surface area contributed by atoms with Crippen LogP contribution in [0.25, 0.3) is 0 Å². The second kappa shape index (κ2) is 3.21. The van der Waals surface area contributed by atoms with Gasteiger partial charge in [-0.3, -0.25) is 0 Å². The van der Waals surface area contributed by atoms with E-state index in [4.69, 9.17) is 4.74 Å². The minimum atomic E-state index is 0.470. The Hall–Kier alpha value is -0.300. The quantitative estimate of drug-likeness (QED) is 0.503. The van der Waals surface area contributed by atoms with E-state index in [-0.39, 0.29) is 0 Å². The Kier molecular flexibility index (Phi) is 2.22. The molecule has 1 heterocycles. The number of ether oxygens (including phenoxy) is 1. The summed E-state index contributed by atoms with van der Waals surface area (Å²) in [6.07, 6.45) is 5.69. The van der Waals surface area contributed by atoms with E-state index >= 15 is 0 Å². The van der Waals surface area contributed by atoms with Crippen LogP contribution in [-0.4, -0.2) is 12.7 Å². The van der Waals surface area contributed by atoms with Gasteiger partial charge in [-0.2, -0.15) is 0 Å². The van der Waals surface area contributed by atoms with Crippen molar-refractivity contribution in [3.63, 3.8) is 0 Å². The number of hydrogen-bond acceptors (Lipinski definition) is 1. The number of rotatable bonds is 0. The summed E-state index contributed by atoms with van der Waals surface area (Å²) in [5.74, 6) is 0.890. The van der Waals surface area contributed by atoms with Crippen molar-refractivity contribution in [3.05, 3.63) is 11.1 Å². The fraction of sp³-hybridized carbons (Fsp3) is 0.818. The summed E-state index contributed by atoms with van der Waals surface area (Å²) in [5.41, 5.74) is 3.33. The highest BCUT2D eigenvalue weighted by Gasteiger charge is 2.23. The molecule has 1 aliphatic carbocycles. The van der Waals surface area contributed by atoms with Gasteiger partial charge in [0.15, 0.2) is 0 Å². The topological polar surface area (TPSA) is 9.23 Å². The molecule has 0 N–H and O–H groups in total. The predicted molar refractivity (Wildman–Crippen MR) is 50.1 cm³/mol. The van der Waals surface area contributed by atoms with E-state index in [2.05, 4.69) is 13.8 Å². The van der Waals surface area contributed by atoms with Crippen LogP contribution in [0.2, 0.25) is 0 Å². The Morgan fingerprint density at radius 1 is 1.17 bits per heavy atom. The van der Waals surface area contributed by atoms with E-state index in [9.17, 15) is 0 Å². The smallest absolute Gasteiger partial charge is 0.0683 e. The van der Waals surface area contributed by atoms with Crippen LogP contribution in [-0.2, 0) is 4.74 Å². The molecular weight excluding hydrogens is 148 g/mol. The lowest BCUT2D eigenvalue weighted by molar-refractivity contribution is 0.0648. The second-order valence-electron chi connectivity index (χ2n) is 4.38. The van der Waals surface area contributed by atoms with Gasteiger partial charge in [0.25, 0.3) is 0 Å². The van der Waals surface area contributed by atoms with Gasteiger partial charge in [0.1, 0.15) is 0 Å². The first kappa shape index (κ1) is 8.31. The Labute approximate surface area is 74.8 Å². The molecule has 2 rings (SSSR count). The van der Waals surface area contributed by atoms with Crippen LogP contribution >= 0.6 is 0 Å². The molecule has 0 amide bonds. The third kappa shape index (κ3) is 1.56. The van der Waals surface area contributed by atoms with Crippen molar-refractivity contribution in [3.8, 4) is 0 Å². The highest BCUT2D eigenvalue weighted by Crippen LogP contribution is 2.34. The van der Waals surface area contributed by atoms with Gasteiger partial charge in [0.2, 0.25) is 0 Å². The Bertz CT molecular complexity index is 183. The highest BCUT2D eigenvalue weighted by molar-refractivity contribution is 5.21. The summed E-state index contributed by atoms with van der Waals surface area (Å²) < 4.78 is 5.64. The maximum Gasteiger partial charge on any atom is 0.0683 e. The summed E-state index contributed by atoms with van der Waals surface area (Å²) in [6.45, 7) is 5.45. The molecule has 0 radical (unpaired) electrons. The molecule has 0 saturated heterocycles. The van der Waals surface area contributed by atoms with Crippen molar-refractivity contribution in [2.45, 2.75) is 45.6 Å². The molecule has 68 valence electrons. The Morgan fingerprint density at radius 2 is 2.00 bits per heavy atom. The fourth-order valence-corrected chi connectivity index (χ4v) is 2.32. The van der Waals surface area contributed by atoms with Gasteiger partial charge >= 0.3 is 0 Å². The molecule has 0 aromatic rings. The molecule has 0 aromatic heterocycles. The fourth-order valence-electron chi connectivity index (χ4n) is 2.32. The third-order valence-electron chi connectivity index (χ3n) is 3.11. The summed E-state index contributed by atoms with van der Waals surface area (Å²) in [4.78, 5) is 0. The van der Waals surface area contributed by atoms with Gasteiger partial charge in [-0.15, -0.1) is 0 Å². The zero-order valence-electron chi connectivity index (χ0n) is 8.10. The molecular formula is C11H18O. The molecule has 0 spiro atoms. The van der Waals surface area contributed by atoms with Gasteiger partial charge in [0, 0.05) is 0 Å². The van der Waals surface area contributed by atoms with Crippen LogP contribution in [0.3, 0.4) is 0 Å².